The van der Waals surface area contributed by atoms with E-state index in [1.165, 1.54) is 5.69 Å². The van der Waals surface area contributed by atoms with Crippen molar-refractivity contribution in [1.82, 2.24) is 9.80 Å². The van der Waals surface area contributed by atoms with E-state index in [1.54, 1.807) is 10.2 Å². The van der Waals surface area contributed by atoms with Gasteiger partial charge in [-0.2, -0.15) is 0 Å². The minimum atomic E-state index is -0.0369. The second kappa shape index (κ2) is 10.5. The van der Waals surface area contributed by atoms with Crippen LogP contribution in [0.2, 0.25) is 5.02 Å². The first kappa shape index (κ1) is 20.7. The quantitative estimate of drug-likeness (QED) is 0.433. The summed E-state index contributed by atoms with van der Waals surface area (Å²) in [5, 5.41) is 10.3. The summed E-state index contributed by atoms with van der Waals surface area (Å²) in [5.74, 6) is 0.394. The van der Waals surface area contributed by atoms with Gasteiger partial charge in [-0.1, -0.05) is 24.6 Å². The SMILES string of the molecule is CCC(=N)N(CC)C(=O)[NH2+]CCCN1CCN(c2cccc(Cl)c2)CC1. The lowest BCUT2D eigenvalue weighted by Crippen LogP contribution is -2.91. The first-order valence-corrected chi connectivity index (χ1v) is 9.88. The highest BCUT2D eigenvalue weighted by molar-refractivity contribution is 6.30. The van der Waals surface area contributed by atoms with Gasteiger partial charge in [0, 0.05) is 62.8 Å². The van der Waals surface area contributed by atoms with E-state index in [-0.39, 0.29) is 6.03 Å². The maximum atomic E-state index is 12.2. The van der Waals surface area contributed by atoms with E-state index in [2.05, 4.69) is 15.9 Å². The number of amides is 2. The molecule has 0 atom stereocenters. The summed E-state index contributed by atoms with van der Waals surface area (Å²) in [6.45, 7) is 10.2. The molecule has 1 aromatic rings. The van der Waals surface area contributed by atoms with Crippen molar-refractivity contribution in [3.8, 4) is 0 Å². The number of amidine groups is 1. The number of hydrogen-bond acceptors (Lipinski definition) is 4. The van der Waals surface area contributed by atoms with Crippen molar-refractivity contribution in [2.45, 2.75) is 26.7 Å². The zero-order valence-corrected chi connectivity index (χ0v) is 16.6. The molecule has 1 aliphatic rings. The molecule has 2 rings (SSSR count). The summed E-state index contributed by atoms with van der Waals surface area (Å²) >= 11 is 6.08. The summed E-state index contributed by atoms with van der Waals surface area (Å²) in [7, 11) is 0. The molecule has 1 aromatic carbocycles. The molecule has 7 heteroatoms. The topological polar surface area (TPSA) is 67.2 Å². The predicted octanol–water partition coefficient (Wildman–Crippen LogP) is 2.24. The molecule has 1 fully saturated rings. The van der Waals surface area contributed by atoms with Crippen molar-refractivity contribution in [3.05, 3.63) is 29.3 Å². The molecule has 0 radical (unpaired) electrons. The van der Waals surface area contributed by atoms with Gasteiger partial charge in [0.2, 0.25) is 0 Å². The Bertz CT molecular complexity index is 601. The van der Waals surface area contributed by atoms with E-state index in [0.717, 1.165) is 50.7 Å². The van der Waals surface area contributed by atoms with Gasteiger partial charge in [-0.05, 0) is 25.1 Å². The Morgan fingerprint density at radius 1 is 1.27 bits per heavy atom. The largest absolute Gasteiger partial charge is 0.421 e. The first-order valence-electron chi connectivity index (χ1n) is 9.50. The molecule has 0 saturated carbocycles. The summed E-state index contributed by atoms with van der Waals surface area (Å²) in [6.07, 6.45) is 1.56. The van der Waals surface area contributed by atoms with Gasteiger partial charge in [0.25, 0.3) is 0 Å². The first-order chi connectivity index (χ1) is 12.5. The van der Waals surface area contributed by atoms with Crippen LogP contribution in [0.5, 0.6) is 0 Å². The Morgan fingerprint density at radius 3 is 2.62 bits per heavy atom. The maximum absolute atomic E-state index is 12.2. The number of quaternary nitrogens is 1. The summed E-state index contributed by atoms with van der Waals surface area (Å²) in [6, 6.07) is 7.99. The smallest absolute Gasteiger partial charge is 0.369 e. The Labute approximate surface area is 161 Å². The molecular formula is C19H31ClN5O+. The van der Waals surface area contributed by atoms with E-state index in [9.17, 15) is 4.79 Å². The molecule has 0 bridgehead atoms. The number of primary amides is 1. The number of nitrogens with zero attached hydrogens (tertiary/aromatic N) is 3. The Morgan fingerprint density at radius 2 is 2.00 bits per heavy atom. The number of urea groups is 1. The summed E-state index contributed by atoms with van der Waals surface area (Å²) < 4.78 is 0. The minimum absolute atomic E-state index is 0.0369. The van der Waals surface area contributed by atoms with Gasteiger partial charge in [-0.3, -0.25) is 20.5 Å². The second-order valence-corrected chi connectivity index (χ2v) is 6.97. The Balaban J connectivity index is 1.66. The summed E-state index contributed by atoms with van der Waals surface area (Å²) in [4.78, 5) is 18.5. The Kier molecular flexibility index (Phi) is 8.35. The number of carbonyl (C=O) groups is 1. The van der Waals surface area contributed by atoms with Gasteiger partial charge < -0.3 is 4.90 Å². The van der Waals surface area contributed by atoms with Crippen LogP contribution in [0.3, 0.4) is 0 Å². The fourth-order valence-electron chi connectivity index (χ4n) is 3.22. The number of benzene rings is 1. The molecule has 144 valence electrons. The molecule has 0 unspecified atom stereocenters. The molecule has 3 N–H and O–H groups in total. The van der Waals surface area contributed by atoms with Gasteiger partial charge in [0.15, 0.2) is 0 Å². The highest BCUT2D eigenvalue weighted by Crippen LogP contribution is 2.20. The number of hydrogen-bond donors (Lipinski definition) is 2. The van der Waals surface area contributed by atoms with Crippen LogP contribution in [0.4, 0.5) is 10.5 Å². The van der Waals surface area contributed by atoms with Crippen LogP contribution in [0.1, 0.15) is 26.7 Å². The highest BCUT2D eigenvalue weighted by atomic mass is 35.5. The monoisotopic (exact) mass is 380 g/mol. The van der Waals surface area contributed by atoms with Crippen molar-refractivity contribution >= 4 is 29.2 Å². The third-order valence-electron chi connectivity index (χ3n) is 4.79. The number of nitrogens with two attached hydrogens (primary N) is 1. The number of nitrogens with one attached hydrogen (secondary N) is 1. The van der Waals surface area contributed by atoms with Crippen molar-refractivity contribution in [3.63, 3.8) is 0 Å². The van der Waals surface area contributed by atoms with Crippen LogP contribution in [-0.2, 0) is 0 Å². The molecule has 0 aromatic heterocycles. The summed E-state index contributed by atoms with van der Waals surface area (Å²) in [5.41, 5.74) is 1.19. The van der Waals surface area contributed by atoms with E-state index >= 15 is 0 Å². The molecule has 1 heterocycles. The van der Waals surface area contributed by atoms with Crippen LogP contribution in [0, 0.1) is 5.41 Å². The van der Waals surface area contributed by atoms with Gasteiger partial charge >= 0.3 is 6.03 Å². The van der Waals surface area contributed by atoms with Crippen LogP contribution >= 0.6 is 11.6 Å². The molecule has 0 aliphatic carbocycles. The van der Waals surface area contributed by atoms with Crippen LogP contribution < -0.4 is 10.2 Å². The van der Waals surface area contributed by atoms with E-state index in [1.807, 2.05) is 32.0 Å². The van der Waals surface area contributed by atoms with Gasteiger partial charge in [0.05, 0.1) is 6.54 Å². The number of halogens is 1. The lowest BCUT2D eigenvalue weighted by molar-refractivity contribution is -0.561. The normalized spacial score (nSPS) is 15.1. The number of piperazine rings is 1. The molecule has 1 aliphatic heterocycles. The average molecular weight is 381 g/mol. The standard InChI is InChI=1S/C19H30ClN5O/c1-3-18(21)25(4-2)19(26)22-9-6-10-23-11-13-24(14-12-23)17-8-5-7-16(20)15-17/h5,7-8,15,21H,3-4,6,9-14H2,1-2H3,(H,22,26)/p+1. The van der Waals surface area contributed by atoms with Crippen LogP contribution in [0.25, 0.3) is 0 Å². The minimum Gasteiger partial charge on any atom is -0.369 e. The zero-order chi connectivity index (χ0) is 18.9. The maximum Gasteiger partial charge on any atom is 0.421 e. The van der Waals surface area contributed by atoms with Crippen molar-refractivity contribution in [2.75, 3.05) is 50.7 Å². The van der Waals surface area contributed by atoms with Crippen LogP contribution in [0.15, 0.2) is 24.3 Å². The lowest BCUT2D eigenvalue weighted by atomic mass is 10.2. The predicted molar refractivity (Wildman–Crippen MR) is 107 cm³/mol. The fourth-order valence-corrected chi connectivity index (χ4v) is 3.41. The Hall–Kier alpha value is -1.63. The molecule has 6 nitrogen and oxygen atoms in total. The highest BCUT2D eigenvalue weighted by Gasteiger charge is 2.20. The van der Waals surface area contributed by atoms with Crippen LogP contribution in [-0.4, -0.2) is 67.5 Å². The molecule has 0 spiro atoms. The van der Waals surface area contributed by atoms with Crippen molar-refractivity contribution in [2.24, 2.45) is 0 Å². The fraction of sp³-hybridized carbons (Fsp3) is 0.579. The molecule has 26 heavy (non-hydrogen) atoms. The van der Waals surface area contributed by atoms with Gasteiger partial charge in [-0.15, -0.1) is 0 Å². The third-order valence-corrected chi connectivity index (χ3v) is 5.02. The average Bonchev–Trinajstić information content (AvgIpc) is 2.66. The van der Waals surface area contributed by atoms with E-state index < -0.39 is 0 Å². The molecule has 1 saturated heterocycles. The molecular weight excluding hydrogens is 350 g/mol. The molecule has 2 amide bonds. The van der Waals surface area contributed by atoms with E-state index in [4.69, 9.17) is 17.0 Å². The second-order valence-electron chi connectivity index (χ2n) is 6.54. The number of anilines is 1. The van der Waals surface area contributed by atoms with Crippen molar-refractivity contribution in [1.29, 1.82) is 5.41 Å². The van der Waals surface area contributed by atoms with Gasteiger partial charge in [-0.25, -0.2) is 4.79 Å². The third kappa shape index (κ3) is 5.97. The number of carbonyl (C=O) groups excluding carboxylic acids is 1. The lowest BCUT2D eigenvalue weighted by Gasteiger charge is -2.36. The number of rotatable bonds is 7. The van der Waals surface area contributed by atoms with E-state index in [0.29, 0.717) is 18.8 Å². The van der Waals surface area contributed by atoms with Gasteiger partial charge in [0.1, 0.15) is 5.84 Å². The zero-order valence-electron chi connectivity index (χ0n) is 15.9. The van der Waals surface area contributed by atoms with Crippen molar-refractivity contribution < 1.29 is 10.1 Å².